The average molecular weight is 478 g/mol. The van der Waals surface area contributed by atoms with Crippen molar-refractivity contribution in [3.05, 3.63) is 89.5 Å². The smallest absolute Gasteiger partial charge is 0.411 e. The highest BCUT2D eigenvalue weighted by molar-refractivity contribution is 5.93. The van der Waals surface area contributed by atoms with Gasteiger partial charge in [0, 0.05) is 37.5 Å². The molecule has 2 atom stereocenters. The number of benzene rings is 2. The normalized spacial score (nSPS) is 18.7. The van der Waals surface area contributed by atoms with Crippen molar-refractivity contribution in [2.24, 2.45) is 5.73 Å². The van der Waals surface area contributed by atoms with Gasteiger partial charge in [0.25, 0.3) is 0 Å². The number of carbonyl (C=O) groups excluding carboxylic acids is 2. The number of amides is 2. The molecule has 1 aromatic heterocycles. The summed E-state index contributed by atoms with van der Waals surface area (Å²) in [6, 6.07) is 15.1. The number of aliphatic hydroxyl groups is 1. The summed E-state index contributed by atoms with van der Waals surface area (Å²) in [7, 11) is 0. The molecule has 35 heavy (non-hydrogen) atoms. The number of hydrogen-bond donors (Lipinski definition) is 2. The Hall–Kier alpha value is -3.78. The molecule has 8 heteroatoms. The third kappa shape index (κ3) is 5.17. The van der Waals surface area contributed by atoms with E-state index in [-0.39, 0.29) is 18.5 Å². The van der Waals surface area contributed by atoms with Gasteiger partial charge in [-0.05, 0) is 54.7 Å². The molecule has 2 heterocycles. The van der Waals surface area contributed by atoms with Gasteiger partial charge < -0.3 is 20.5 Å². The van der Waals surface area contributed by atoms with Crippen LogP contribution in [0.15, 0.2) is 67.0 Å². The van der Waals surface area contributed by atoms with Crippen LogP contribution in [0, 0.1) is 5.82 Å². The summed E-state index contributed by atoms with van der Waals surface area (Å²) < 4.78 is 19.5. The fraction of sp³-hybridized carbons (Fsp3) is 0.296. The molecule has 0 unspecified atom stereocenters. The van der Waals surface area contributed by atoms with Crippen LogP contribution in [0.5, 0.6) is 0 Å². The fourth-order valence-corrected chi connectivity index (χ4v) is 4.53. The Labute approximate surface area is 203 Å². The number of halogens is 1. The van der Waals surface area contributed by atoms with E-state index in [9.17, 15) is 19.1 Å². The number of nitrogens with two attached hydrogens (primary N) is 1. The minimum atomic E-state index is -0.897. The van der Waals surface area contributed by atoms with E-state index in [1.165, 1.54) is 18.3 Å². The fourth-order valence-electron chi connectivity index (χ4n) is 4.53. The first-order valence-electron chi connectivity index (χ1n) is 11.5. The van der Waals surface area contributed by atoms with Crippen molar-refractivity contribution in [1.29, 1.82) is 0 Å². The van der Waals surface area contributed by atoms with E-state index in [0.717, 1.165) is 22.3 Å². The van der Waals surface area contributed by atoms with Crippen molar-refractivity contribution >= 4 is 12.0 Å². The number of ether oxygens (including phenoxy) is 1. The molecule has 3 aromatic rings. The zero-order valence-corrected chi connectivity index (χ0v) is 19.5. The Morgan fingerprint density at radius 1 is 1.17 bits per heavy atom. The molecule has 0 spiro atoms. The maximum atomic E-state index is 13.5. The van der Waals surface area contributed by atoms with Crippen LogP contribution >= 0.6 is 0 Å². The van der Waals surface area contributed by atoms with Gasteiger partial charge in [-0.15, -0.1) is 0 Å². The minimum absolute atomic E-state index is 0.0230. The molecule has 0 aliphatic carbocycles. The van der Waals surface area contributed by atoms with E-state index in [1.807, 2.05) is 31.2 Å². The number of cyclic esters (lactones) is 1. The molecule has 0 bridgehead atoms. The number of nitrogens with zero attached hydrogens (tertiary/aromatic N) is 2. The molecule has 0 saturated carbocycles. The van der Waals surface area contributed by atoms with E-state index in [1.54, 1.807) is 29.3 Å². The first kappa shape index (κ1) is 24.3. The van der Waals surface area contributed by atoms with Gasteiger partial charge in [-0.3, -0.25) is 9.78 Å². The van der Waals surface area contributed by atoms with Crippen LogP contribution in [-0.2, 0) is 10.3 Å². The Bertz CT molecular complexity index is 1200. The van der Waals surface area contributed by atoms with E-state index in [0.29, 0.717) is 31.4 Å². The van der Waals surface area contributed by atoms with Crippen molar-refractivity contribution in [1.82, 2.24) is 9.88 Å². The zero-order chi connectivity index (χ0) is 25.0. The van der Waals surface area contributed by atoms with Crippen LogP contribution in [0.2, 0.25) is 0 Å². The third-order valence-corrected chi connectivity index (χ3v) is 6.60. The van der Waals surface area contributed by atoms with E-state index in [2.05, 4.69) is 4.98 Å². The summed E-state index contributed by atoms with van der Waals surface area (Å²) in [5.41, 5.74) is 8.08. The lowest BCUT2D eigenvalue weighted by molar-refractivity contribution is -0.0680. The van der Waals surface area contributed by atoms with Crippen LogP contribution in [0.4, 0.5) is 9.18 Å². The first-order valence-corrected chi connectivity index (χ1v) is 11.5. The van der Waals surface area contributed by atoms with Crippen molar-refractivity contribution in [2.75, 3.05) is 13.2 Å². The summed E-state index contributed by atoms with van der Waals surface area (Å²) in [6.45, 7) is 2.37. The quantitative estimate of drug-likeness (QED) is 0.495. The highest BCUT2D eigenvalue weighted by Crippen LogP contribution is 2.40. The topological polar surface area (TPSA) is 106 Å². The average Bonchev–Trinajstić information content (AvgIpc) is 2.87. The summed E-state index contributed by atoms with van der Waals surface area (Å²) in [5, 5.41) is 9.37. The number of primary amides is 1. The lowest BCUT2D eigenvalue weighted by Crippen LogP contribution is -2.48. The third-order valence-electron chi connectivity index (χ3n) is 6.60. The highest BCUT2D eigenvalue weighted by atomic mass is 19.1. The van der Waals surface area contributed by atoms with Crippen LogP contribution in [-0.4, -0.2) is 40.1 Å². The number of carbonyl (C=O) groups is 2. The van der Waals surface area contributed by atoms with Crippen LogP contribution in [0.3, 0.4) is 0 Å². The number of rotatable bonds is 8. The maximum Gasteiger partial charge on any atom is 0.411 e. The molecule has 1 saturated heterocycles. The van der Waals surface area contributed by atoms with Gasteiger partial charge in [-0.1, -0.05) is 36.4 Å². The van der Waals surface area contributed by atoms with Crippen molar-refractivity contribution in [2.45, 2.75) is 37.8 Å². The van der Waals surface area contributed by atoms with Crippen LogP contribution in [0.1, 0.15) is 53.7 Å². The lowest BCUT2D eigenvalue weighted by Gasteiger charge is -2.43. The van der Waals surface area contributed by atoms with Crippen LogP contribution in [0.25, 0.3) is 11.1 Å². The second-order valence-electron chi connectivity index (χ2n) is 8.76. The summed E-state index contributed by atoms with van der Waals surface area (Å²) in [5.74, 6) is -0.895. The predicted molar refractivity (Wildman–Crippen MR) is 129 cm³/mol. The number of pyridine rings is 1. The van der Waals surface area contributed by atoms with Crippen molar-refractivity contribution in [3.8, 4) is 11.1 Å². The Morgan fingerprint density at radius 3 is 2.51 bits per heavy atom. The lowest BCUT2D eigenvalue weighted by atomic mass is 9.84. The molecule has 2 amide bonds. The second kappa shape index (κ2) is 10.2. The highest BCUT2D eigenvalue weighted by Gasteiger charge is 2.43. The summed E-state index contributed by atoms with van der Waals surface area (Å²) >= 11 is 0. The number of aromatic nitrogens is 1. The SMILES string of the molecule is C[C@@H](c1ccc(-c2cncc(C(N)=O)c2)cc1)N1CC[C@](CCCO)(c2ccc(F)cc2)OC1=O. The Kier molecular flexibility index (Phi) is 7.12. The summed E-state index contributed by atoms with van der Waals surface area (Å²) in [6.07, 6.45) is 4.08. The van der Waals surface area contributed by atoms with E-state index in [4.69, 9.17) is 10.5 Å². The molecule has 2 aromatic carbocycles. The molecule has 3 N–H and O–H groups in total. The van der Waals surface area contributed by atoms with Crippen LogP contribution < -0.4 is 5.73 Å². The van der Waals surface area contributed by atoms with Gasteiger partial charge in [-0.2, -0.15) is 0 Å². The van der Waals surface area contributed by atoms with Crippen molar-refractivity contribution < 1.29 is 23.8 Å². The van der Waals surface area contributed by atoms with E-state index < -0.39 is 17.6 Å². The molecule has 182 valence electrons. The van der Waals surface area contributed by atoms with Gasteiger partial charge in [0.2, 0.25) is 5.91 Å². The van der Waals surface area contributed by atoms with E-state index >= 15 is 0 Å². The molecule has 4 rings (SSSR count). The van der Waals surface area contributed by atoms with Gasteiger partial charge in [0.15, 0.2) is 0 Å². The van der Waals surface area contributed by atoms with Gasteiger partial charge in [-0.25, -0.2) is 9.18 Å². The van der Waals surface area contributed by atoms with Gasteiger partial charge >= 0.3 is 6.09 Å². The van der Waals surface area contributed by atoms with Gasteiger partial charge in [0.05, 0.1) is 11.6 Å². The second-order valence-corrected chi connectivity index (χ2v) is 8.76. The van der Waals surface area contributed by atoms with Gasteiger partial charge in [0.1, 0.15) is 11.4 Å². The Balaban J connectivity index is 1.51. The molecule has 1 aliphatic rings. The monoisotopic (exact) mass is 477 g/mol. The predicted octanol–water partition coefficient (Wildman–Crippen LogP) is 4.56. The molecule has 1 fully saturated rings. The number of aliphatic hydroxyl groups excluding tert-OH is 1. The minimum Gasteiger partial charge on any atom is -0.438 e. The molecule has 1 aliphatic heterocycles. The largest absolute Gasteiger partial charge is 0.438 e. The number of hydrogen-bond acceptors (Lipinski definition) is 5. The molecular weight excluding hydrogens is 449 g/mol. The standard InChI is InChI=1S/C27H28FN3O4/c1-18(19-3-5-20(6-4-19)21-15-22(25(29)33)17-30-16-21)31-13-12-27(11-2-14-32,35-26(31)34)23-7-9-24(28)10-8-23/h3-10,15-18,32H,2,11-14H2,1H3,(H2,29,33)/t18-,27+/m0/s1. The first-order chi connectivity index (χ1) is 16.8. The summed E-state index contributed by atoms with van der Waals surface area (Å²) in [4.78, 5) is 30.3. The Morgan fingerprint density at radius 2 is 1.89 bits per heavy atom. The molecule has 0 radical (unpaired) electrons. The molecular formula is C27H28FN3O4. The maximum absolute atomic E-state index is 13.5. The molecule has 7 nitrogen and oxygen atoms in total. The zero-order valence-electron chi connectivity index (χ0n) is 19.5. The van der Waals surface area contributed by atoms with Crippen molar-refractivity contribution in [3.63, 3.8) is 0 Å².